The van der Waals surface area contributed by atoms with Crippen LogP contribution in [-0.2, 0) is 6.54 Å². The molecule has 5 nitrogen and oxygen atoms in total. The summed E-state index contributed by atoms with van der Waals surface area (Å²) >= 11 is 0. The Labute approximate surface area is 126 Å². The molecule has 5 heteroatoms. The fourth-order valence-corrected chi connectivity index (χ4v) is 1.79. The average Bonchev–Trinajstić information content (AvgIpc) is 2.46. The smallest absolute Gasteiger partial charge is 0.129 e. The number of aryl methyl sites for hydroxylation is 1. The van der Waals surface area contributed by atoms with Gasteiger partial charge in [-0.05, 0) is 38.7 Å². The van der Waals surface area contributed by atoms with Crippen molar-refractivity contribution in [2.24, 2.45) is 0 Å². The zero-order chi connectivity index (χ0) is 15.1. The maximum atomic E-state index is 5.67. The van der Waals surface area contributed by atoms with E-state index in [0.29, 0.717) is 6.61 Å². The van der Waals surface area contributed by atoms with Gasteiger partial charge in [0.2, 0.25) is 0 Å². The van der Waals surface area contributed by atoms with E-state index >= 15 is 0 Å². The van der Waals surface area contributed by atoms with Gasteiger partial charge in [0.15, 0.2) is 0 Å². The van der Waals surface area contributed by atoms with E-state index < -0.39 is 0 Å². The Kier molecular flexibility index (Phi) is 5.51. The van der Waals surface area contributed by atoms with Gasteiger partial charge < -0.3 is 15.0 Å². The maximum Gasteiger partial charge on any atom is 0.129 e. The fraction of sp³-hybridized carbons (Fsp3) is 0.375. The Morgan fingerprint density at radius 1 is 1.14 bits per heavy atom. The highest BCUT2D eigenvalue weighted by Gasteiger charge is 1.98. The molecule has 0 fully saturated rings. The van der Waals surface area contributed by atoms with Gasteiger partial charge in [-0.15, -0.1) is 0 Å². The molecule has 0 aliphatic heterocycles. The highest BCUT2D eigenvalue weighted by Crippen LogP contribution is 2.13. The van der Waals surface area contributed by atoms with E-state index in [0.717, 1.165) is 30.4 Å². The number of benzene rings is 1. The summed E-state index contributed by atoms with van der Waals surface area (Å²) in [6.45, 7) is 4.29. The van der Waals surface area contributed by atoms with Crippen LogP contribution in [-0.4, -0.2) is 42.1 Å². The van der Waals surface area contributed by atoms with Crippen molar-refractivity contribution in [2.75, 3.05) is 32.6 Å². The molecule has 0 amide bonds. The molecule has 0 unspecified atom stereocenters. The lowest BCUT2D eigenvalue weighted by atomic mass is 10.2. The monoisotopic (exact) mass is 286 g/mol. The minimum atomic E-state index is 0.699. The van der Waals surface area contributed by atoms with E-state index in [1.165, 1.54) is 5.56 Å². The molecule has 0 bridgehead atoms. The van der Waals surface area contributed by atoms with Crippen LogP contribution in [0.3, 0.4) is 0 Å². The second kappa shape index (κ2) is 7.59. The van der Waals surface area contributed by atoms with E-state index in [2.05, 4.69) is 32.3 Å². The summed E-state index contributed by atoms with van der Waals surface area (Å²) in [6, 6.07) is 10.0. The standard InChI is InChI=1S/C16H22N4O/c1-13-10-16(19-12-18-13)17-11-14-4-6-15(7-5-14)21-9-8-20(2)3/h4-7,10,12H,8-9,11H2,1-3H3,(H,17,18,19). The number of nitrogens with one attached hydrogen (secondary N) is 1. The summed E-state index contributed by atoms with van der Waals surface area (Å²) in [4.78, 5) is 10.4. The number of ether oxygens (including phenoxy) is 1. The average molecular weight is 286 g/mol. The SMILES string of the molecule is Cc1cc(NCc2ccc(OCCN(C)C)cc2)ncn1. The van der Waals surface area contributed by atoms with E-state index in [1.54, 1.807) is 6.33 Å². The molecular weight excluding hydrogens is 264 g/mol. The van der Waals surface area contributed by atoms with Gasteiger partial charge in [0.25, 0.3) is 0 Å². The number of nitrogens with zero attached hydrogens (tertiary/aromatic N) is 3. The number of hydrogen-bond acceptors (Lipinski definition) is 5. The number of rotatable bonds is 7. The first-order valence-corrected chi connectivity index (χ1v) is 7.02. The van der Waals surface area contributed by atoms with Crippen LogP contribution >= 0.6 is 0 Å². The lowest BCUT2D eigenvalue weighted by Gasteiger charge is -2.11. The van der Waals surface area contributed by atoms with E-state index in [4.69, 9.17) is 4.74 Å². The molecule has 2 rings (SSSR count). The van der Waals surface area contributed by atoms with Crippen molar-refractivity contribution in [1.82, 2.24) is 14.9 Å². The van der Waals surface area contributed by atoms with Crippen LogP contribution in [0, 0.1) is 6.92 Å². The summed E-state index contributed by atoms with van der Waals surface area (Å²) in [6.07, 6.45) is 1.57. The van der Waals surface area contributed by atoms with Crippen LogP contribution < -0.4 is 10.1 Å². The Morgan fingerprint density at radius 3 is 2.57 bits per heavy atom. The third-order valence-corrected chi connectivity index (χ3v) is 3.01. The van der Waals surface area contributed by atoms with Gasteiger partial charge in [-0.25, -0.2) is 9.97 Å². The van der Waals surface area contributed by atoms with Crippen molar-refractivity contribution in [3.63, 3.8) is 0 Å². The van der Waals surface area contributed by atoms with E-state index in [-0.39, 0.29) is 0 Å². The first-order valence-electron chi connectivity index (χ1n) is 7.02. The third kappa shape index (κ3) is 5.39. The Bertz CT molecular complexity index is 554. The molecule has 0 saturated heterocycles. The van der Waals surface area contributed by atoms with Gasteiger partial charge in [-0.1, -0.05) is 12.1 Å². The van der Waals surface area contributed by atoms with Crippen molar-refractivity contribution >= 4 is 5.82 Å². The maximum absolute atomic E-state index is 5.67. The largest absolute Gasteiger partial charge is 0.492 e. The first-order chi connectivity index (χ1) is 10.1. The molecule has 112 valence electrons. The summed E-state index contributed by atoms with van der Waals surface area (Å²) in [7, 11) is 4.07. The predicted octanol–water partition coefficient (Wildman–Crippen LogP) is 2.34. The second-order valence-electron chi connectivity index (χ2n) is 5.19. The normalized spacial score (nSPS) is 10.7. The molecule has 1 N–H and O–H groups in total. The van der Waals surface area contributed by atoms with Crippen LogP contribution in [0.2, 0.25) is 0 Å². The molecule has 0 aliphatic rings. The molecule has 2 aromatic rings. The Hall–Kier alpha value is -2.14. The summed E-state index contributed by atoms with van der Waals surface area (Å²) in [5.74, 6) is 1.74. The molecule has 1 aromatic heterocycles. The van der Waals surface area contributed by atoms with Crippen molar-refractivity contribution in [3.8, 4) is 5.75 Å². The van der Waals surface area contributed by atoms with E-state index in [1.807, 2.05) is 39.2 Å². The van der Waals surface area contributed by atoms with E-state index in [9.17, 15) is 0 Å². The van der Waals surface area contributed by atoms with Gasteiger partial charge in [-0.3, -0.25) is 0 Å². The summed E-state index contributed by atoms with van der Waals surface area (Å²) in [5.41, 5.74) is 2.14. The number of aromatic nitrogens is 2. The van der Waals surface area contributed by atoms with Gasteiger partial charge in [0.1, 0.15) is 24.5 Å². The van der Waals surface area contributed by atoms with Crippen LogP contribution in [0.1, 0.15) is 11.3 Å². The molecule has 1 aromatic carbocycles. The van der Waals surface area contributed by atoms with Crippen molar-refractivity contribution in [2.45, 2.75) is 13.5 Å². The molecule has 0 saturated carbocycles. The number of hydrogen-bond donors (Lipinski definition) is 1. The zero-order valence-electron chi connectivity index (χ0n) is 12.8. The minimum absolute atomic E-state index is 0.699. The van der Waals surface area contributed by atoms with Crippen molar-refractivity contribution < 1.29 is 4.74 Å². The molecule has 0 radical (unpaired) electrons. The van der Waals surface area contributed by atoms with Crippen LogP contribution in [0.25, 0.3) is 0 Å². The Morgan fingerprint density at radius 2 is 1.90 bits per heavy atom. The molecule has 0 spiro atoms. The Balaban J connectivity index is 1.82. The predicted molar refractivity (Wildman–Crippen MR) is 84.6 cm³/mol. The van der Waals surface area contributed by atoms with Crippen molar-refractivity contribution in [3.05, 3.63) is 47.9 Å². The topological polar surface area (TPSA) is 50.3 Å². The van der Waals surface area contributed by atoms with Gasteiger partial charge in [0, 0.05) is 24.8 Å². The third-order valence-electron chi connectivity index (χ3n) is 3.01. The molecule has 1 heterocycles. The number of likely N-dealkylation sites (N-methyl/N-ethyl adjacent to an activating group) is 1. The lowest BCUT2D eigenvalue weighted by molar-refractivity contribution is 0.261. The van der Waals surface area contributed by atoms with Gasteiger partial charge in [-0.2, -0.15) is 0 Å². The lowest BCUT2D eigenvalue weighted by Crippen LogP contribution is -2.19. The quantitative estimate of drug-likeness (QED) is 0.846. The zero-order valence-corrected chi connectivity index (χ0v) is 12.8. The molecular formula is C16H22N4O. The highest BCUT2D eigenvalue weighted by atomic mass is 16.5. The van der Waals surface area contributed by atoms with Crippen LogP contribution in [0.4, 0.5) is 5.82 Å². The van der Waals surface area contributed by atoms with Gasteiger partial charge >= 0.3 is 0 Å². The minimum Gasteiger partial charge on any atom is -0.492 e. The molecule has 21 heavy (non-hydrogen) atoms. The summed E-state index contributed by atoms with van der Waals surface area (Å²) in [5, 5.41) is 3.28. The fourth-order valence-electron chi connectivity index (χ4n) is 1.79. The van der Waals surface area contributed by atoms with Gasteiger partial charge in [0.05, 0.1) is 0 Å². The molecule has 0 atom stereocenters. The highest BCUT2D eigenvalue weighted by molar-refractivity contribution is 5.36. The molecule has 0 aliphatic carbocycles. The van der Waals surface area contributed by atoms with Crippen LogP contribution in [0.15, 0.2) is 36.7 Å². The first kappa shape index (κ1) is 15.3. The second-order valence-corrected chi connectivity index (χ2v) is 5.19. The number of anilines is 1. The van der Waals surface area contributed by atoms with Crippen LogP contribution in [0.5, 0.6) is 5.75 Å². The summed E-state index contributed by atoms with van der Waals surface area (Å²) < 4.78 is 5.67. The van der Waals surface area contributed by atoms with Crippen molar-refractivity contribution in [1.29, 1.82) is 0 Å².